The molecule has 3 rings (SSSR count). The van der Waals surface area contributed by atoms with E-state index < -0.39 is 0 Å². The van der Waals surface area contributed by atoms with Gasteiger partial charge in [-0.1, -0.05) is 24.0 Å². The molecule has 1 aliphatic heterocycles. The zero-order chi connectivity index (χ0) is 18.8. The molecule has 1 aliphatic rings. The molecule has 0 saturated carbocycles. The Morgan fingerprint density at radius 1 is 1.35 bits per heavy atom. The van der Waals surface area contributed by atoms with Gasteiger partial charge in [0.25, 0.3) is 5.91 Å². The second kappa shape index (κ2) is 7.56. The molecule has 1 aromatic carbocycles. The van der Waals surface area contributed by atoms with Crippen molar-refractivity contribution in [3.05, 3.63) is 40.2 Å². The van der Waals surface area contributed by atoms with Gasteiger partial charge in [0, 0.05) is 19.4 Å². The van der Waals surface area contributed by atoms with Crippen LogP contribution in [0.3, 0.4) is 0 Å². The molecule has 134 valence electrons. The van der Waals surface area contributed by atoms with E-state index >= 15 is 0 Å². The molecule has 26 heavy (non-hydrogen) atoms. The van der Waals surface area contributed by atoms with Crippen LogP contribution in [0.4, 0.5) is 10.8 Å². The van der Waals surface area contributed by atoms with Crippen molar-refractivity contribution in [1.29, 1.82) is 0 Å². The topological polar surface area (TPSA) is 62.7 Å². The van der Waals surface area contributed by atoms with Gasteiger partial charge in [-0.05, 0) is 30.3 Å². The highest BCUT2D eigenvalue weighted by atomic mass is 32.2. The number of amides is 2. The number of thioether (sulfide) groups is 1. The SMILES string of the molecule is COc1ccc(N(C(C)=O)c2nc(/C=C3\SC(=S)N(C)C3=O)cs2)cc1. The van der Waals surface area contributed by atoms with Gasteiger partial charge in [0.2, 0.25) is 5.91 Å². The number of hydrogen-bond acceptors (Lipinski definition) is 7. The van der Waals surface area contributed by atoms with Crippen molar-refractivity contribution in [2.24, 2.45) is 0 Å². The van der Waals surface area contributed by atoms with E-state index in [0.717, 1.165) is 0 Å². The number of benzene rings is 1. The molecule has 2 amide bonds. The number of nitrogens with zero attached hydrogens (tertiary/aromatic N) is 3. The van der Waals surface area contributed by atoms with Gasteiger partial charge in [0.1, 0.15) is 10.1 Å². The molecule has 1 saturated heterocycles. The van der Waals surface area contributed by atoms with Gasteiger partial charge in [-0.15, -0.1) is 11.3 Å². The normalized spacial score (nSPS) is 15.7. The van der Waals surface area contributed by atoms with Crippen molar-refractivity contribution >= 4 is 68.3 Å². The number of carbonyl (C=O) groups is 2. The number of methoxy groups -OCH3 is 1. The maximum atomic E-state index is 12.2. The van der Waals surface area contributed by atoms with Gasteiger partial charge >= 0.3 is 0 Å². The molecule has 0 N–H and O–H groups in total. The Balaban J connectivity index is 1.90. The summed E-state index contributed by atoms with van der Waals surface area (Å²) in [5, 5.41) is 2.33. The van der Waals surface area contributed by atoms with Crippen molar-refractivity contribution in [1.82, 2.24) is 9.88 Å². The molecule has 9 heteroatoms. The van der Waals surface area contributed by atoms with Crippen LogP contribution < -0.4 is 9.64 Å². The molecular formula is C17H15N3O3S3. The number of thiazole rings is 1. The third-order valence-electron chi connectivity index (χ3n) is 3.61. The molecule has 1 fully saturated rings. The second-order valence-electron chi connectivity index (χ2n) is 5.35. The van der Waals surface area contributed by atoms with E-state index in [2.05, 4.69) is 4.98 Å². The molecule has 0 unspecified atom stereocenters. The van der Waals surface area contributed by atoms with Crippen LogP contribution in [-0.2, 0) is 9.59 Å². The van der Waals surface area contributed by atoms with Crippen molar-refractivity contribution < 1.29 is 14.3 Å². The zero-order valence-electron chi connectivity index (χ0n) is 14.3. The van der Waals surface area contributed by atoms with Crippen molar-refractivity contribution in [2.75, 3.05) is 19.1 Å². The minimum Gasteiger partial charge on any atom is -0.497 e. The van der Waals surface area contributed by atoms with Crippen molar-refractivity contribution in [3.63, 3.8) is 0 Å². The molecule has 6 nitrogen and oxygen atoms in total. The molecule has 0 radical (unpaired) electrons. The number of aromatic nitrogens is 1. The highest BCUT2D eigenvalue weighted by Gasteiger charge is 2.29. The monoisotopic (exact) mass is 405 g/mol. The first-order valence-electron chi connectivity index (χ1n) is 7.52. The summed E-state index contributed by atoms with van der Waals surface area (Å²) in [6.45, 7) is 1.48. The fourth-order valence-corrected chi connectivity index (χ4v) is 4.29. The van der Waals surface area contributed by atoms with Crippen molar-refractivity contribution in [3.8, 4) is 5.75 Å². The van der Waals surface area contributed by atoms with Crippen molar-refractivity contribution in [2.45, 2.75) is 6.92 Å². The number of hydrogen-bond donors (Lipinski definition) is 0. The van der Waals surface area contributed by atoms with Crippen LogP contribution in [0.1, 0.15) is 12.6 Å². The molecular weight excluding hydrogens is 390 g/mol. The smallest absolute Gasteiger partial charge is 0.265 e. The average molecular weight is 406 g/mol. The molecule has 0 spiro atoms. The highest BCUT2D eigenvalue weighted by molar-refractivity contribution is 8.26. The number of ether oxygens (including phenoxy) is 1. The van der Waals surface area contributed by atoms with Gasteiger partial charge in [0.05, 0.1) is 23.4 Å². The summed E-state index contributed by atoms with van der Waals surface area (Å²) in [6.07, 6.45) is 1.69. The number of anilines is 2. The summed E-state index contributed by atoms with van der Waals surface area (Å²) in [6, 6.07) is 7.16. The maximum Gasteiger partial charge on any atom is 0.265 e. The summed E-state index contributed by atoms with van der Waals surface area (Å²) in [5.41, 5.74) is 1.30. The largest absolute Gasteiger partial charge is 0.497 e. The number of rotatable bonds is 4. The van der Waals surface area contributed by atoms with E-state index in [1.807, 2.05) is 0 Å². The predicted molar refractivity (Wildman–Crippen MR) is 109 cm³/mol. The summed E-state index contributed by atoms with van der Waals surface area (Å²) < 4.78 is 5.66. The van der Waals surface area contributed by atoms with Gasteiger partial charge in [-0.2, -0.15) is 0 Å². The van der Waals surface area contributed by atoms with Gasteiger partial charge in [-0.25, -0.2) is 4.98 Å². The Kier molecular flexibility index (Phi) is 5.40. The Bertz CT molecular complexity index is 905. The fraction of sp³-hybridized carbons (Fsp3) is 0.176. The number of thiocarbonyl (C=S) groups is 1. The lowest BCUT2D eigenvalue weighted by Crippen LogP contribution is -2.22. The van der Waals surface area contributed by atoms with Crippen LogP contribution in [0.5, 0.6) is 5.75 Å². The van der Waals surface area contributed by atoms with Crippen LogP contribution >= 0.6 is 35.3 Å². The van der Waals surface area contributed by atoms with Crippen LogP contribution in [-0.4, -0.2) is 40.2 Å². The maximum absolute atomic E-state index is 12.2. The molecule has 1 aromatic heterocycles. The van der Waals surface area contributed by atoms with Crippen LogP contribution in [0, 0.1) is 0 Å². The molecule has 2 heterocycles. The minimum absolute atomic E-state index is 0.145. The first-order chi connectivity index (χ1) is 12.4. The first kappa shape index (κ1) is 18.6. The Labute approximate surface area is 164 Å². The standard InChI is InChI=1S/C17H15N3O3S3/c1-10(21)20(12-4-6-13(23-3)7-5-12)16-18-11(9-25-16)8-14-15(22)19(2)17(24)26-14/h4-9H,1-3H3/b14-8-. The highest BCUT2D eigenvalue weighted by Crippen LogP contribution is 2.34. The lowest BCUT2D eigenvalue weighted by atomic mass is 10.3. The van der Waals surface area contributed by atoms with E-state index in [1.54, 1.807) is 49.9 Å². The lowest BCUT2D eigenvalue weighted by Gasteiger charge is -2.18. The van der Waals surface area contributed by atoms with E-state index in [1.165, 1.54) is 39.8 Å². The van der Waals surface area contributed by atoms with E-state index in [0.29, 0.717) is 31.5 Å². The molecule has 0 atom stereocenters. The third kappa shape index (κ3) is 3.64. The average Bonchev–Trinajstić information content (AvgIpc) is 3.16. The van der Waals surface area contributed by atoms with Gasteiger partial charge < -0.3 is 4.74 Å². The van der Waals surface area contributed by atoms with E-state index in [9.17, 15) is 9.59 Å². The first-order valence-corrected chi connectivity index (χ1v) is 9.63. The summed E-state index contributed by atoms with van der Waals surface area (Å²) in [5.74, 6) is 0.405. The molecule has 2 aromatic rings. The summed E-state index contributed by atoms with van der Waals surface area (Å²) in [7, 11) is 3.23. The number of likely N-dealkylation sites (N-methyl/N-ethyl adjacent to an activating group) is 1. The minimum atomic E-state index is -0.157. The van der Waals surface area contributed by atoms with Gasteiger partial charge in [0.15, 0.2) is 5.13 Å². The Hall–Kier alpha value is -2.23. The lowest BCUT2D eigenvalue weighted by molar-refractivity contribution is -0.121. The molecule has 0 bridgehead atoms. The quantitative estimate of drug-likeness (QED) is 0.571. The zero-order valence-corrected chi connectivity index (χ0v) is 16.7. The molecule has 0 aliphatic carbocycles. The van der Waals surface area contributed by atoms with Gasteiger partial charge in [-0.3, -0.25) is 19.4 Å². The van der Waals surface area contributed by atoms with E-state index in [4.69, 9.17) is 17.0 Å². The second-order valence-corrected chi connectivity index (χ2v) is 7.86. The van der Waals surface area contributed by atoms with E-state index in [-0.39, 0.29) is 11.8 Å². The van der Waals surface area contributed by atoms with Crippen LogP contribution in [0.15, 0.2) is 34.6 Å². The van der Waals surface area contributed by atoms with Crippen LogP contribution in [0.25, 0.3) is 6.08 Å². The number of carbonyl (C=O) groups excluding carboxylic acids is 2. The third-order valence-corrected chi connectivity index (χ3v) is 5.94. The Morgan fingerprint density at radius 3 is 2.58 bits per heavy atom. The predicted octanol–water partition coefficient (Wildman–Crippen LogP) is 3.67. The summed E-state index contributed by atoms with van der Waals surface area (Å²) in [4.78, 5) is 32.2. The fourth-order valence-electron chi connectivity index (χ4n) is 2.28. The Morgan fingerprint density at radius 2 is 2.04 bits per heavy atom. The summed E-state index contributed by atoms with van der Waals surface area (Å²) >= 11 is 7.69. The van der Waals surface area contributed by atoms with Crippen LogP contribution in [0.2, 0.25) is 0 Å².